The molecule has 1 saturated heterocycles. The second-order valence-electron chi connectivity index (χ2n) is 7.95. The van der Waals surface area contributed by atoms with Gasteiger partial charge in [0.2, 0.25) is 0 Å². The van der Waals surface area contributed by atoms with E-state index < -0.39 is 18.0 Å². The third-order valence-electron chi connectivity index (χ3n) is 6.31. The number of nitrogens with zero attached hydrogens (tertiary/aromatic N) is 1. The molecule has 1 amide bonds. The van der Waals surface area contributed by atoms with Gasteiger partial charge in [0, 0.05) is 18.5 Å². The van der Waals surface area contributed by atoms with Gasteiger partial charge in [-0.2, -0.15) is 0 Å². The topological polar surface area (TPSA) is 66.8 Å². The number of fused-ring (bicyclic) bond motifs is 3. The molecule has 2 aliphatic rings. The van der Waals surface area contributed by atoms with Crippen molar-refractivity contribution in [3.05, 3.63) is 59.7 Å². The number of rotatable bonds is 3. The van der Waals surface area contributed by atoms with Crippen molar-refractivity contribution in [2.45, 2.75) is 32.2 Å². The van der Waals surface area contributed by atoms with Gasteiger partial charge in [0.15, 0.2) is 0 Å². The molecule has 1 heterocycles. The Morgan fingerprint density at radius 3 is 2.18 bits per heavy atom. The summed E-state index contributed by atoms with van der Waals surface area (Å²) < 4.78 is 5.72. The van der Waals surface area contributed by atoms with E-state index in [1.54, 1.807) is 4.90 Å². The summed E-state index contributed by atoms with van der Waals surface area (Å²) in [5.41, 5.74) is 4.70. The second kappa shape index (κ2) is 7.30. The van der Waals surface area contributed by atoms with Crippen molar-refractivity contribution in [3.63, 3.8) is 0 Å². The summed E-state index contributed by atoms with van der Waals surface area (Å²) in [6, 6.07) is 16.4. The van der Waals surface area contributed by atoms with Gasteiger partial charge < -0.3 is 14.7 Å². The SMILES string of the molecule is C[C@H]1C[C@@H](C(=O)O)CN(C(=O)OCC2c3ccccc3-c3ccccc32)[C@H]1C. The average Bonchev–Trinajstić information content (AvgIpc) is 3.02. The Morgan fingerprint density at radius 2 is 1.61 bits per heavy atom. The monoisotopic (exact) mass is 379 g/mol. The Balaban J connectivity index is 1.51. The molecule has 1 fully saturated rings. The molecule has 5 nitrogen and oxygen atoms in total. The average molecular weight is 379 g/mol. The zero-order valence-corrected chi connectivity index (χ0v) is 16.2. The Morgan fingerprint density at radius 1 is 1.04 bits per heavy atom. The van der Waals surface area contributed by atoms with Gasteiger partial charge in [-0.15, -0.1) is 0 Å². The van der Waals surface area contributed by atoms with E-state index >= 15 is 0 Å². The highest BCUT2D eigenvalue weighted by Crippen LogP contribution is 2.44. The van der Waals surface area contributed by atoms with Gasteiger partial charge in [-0.05, 0) is 41.5 Å². The molecule has 0 radical (unpaired) electrons. The summed E-state index contributed by atoms with van der Waals surface area (Å²) in [6.07, 6.45) is 0.163. The van der Waals surface area contributed by atoms with E-state index in [2.05, 4.69) is 24.3 Å². The maximum Gasteiger partial charge on any atom is 0.410 e. The van der Waals surface area contributed by atoms with Crippen LogP contribution in [0.4, 0.5) is 4.79 Å². The third kappa shape index (κ3) is 3.15. The van der Waals surface area contributed by atoms with Crippen LogP contribution >= 0.6 is 0 Å². The molecule has 28 heavy (non-hydrogen) atoms. The first-order chi connectivity index (χ1) is 13.5. The fraction of sp³-hybridized carbons (Fsp3) is 0.391. The standard InChI is InChI=1S/C23H25NO4/c1-14-11-16(22(25)26)12-24(15(14)2)23(27)28-13-21-19-9-5-3-7-17(19)18-8-4-6-10-20(18)21/h3-10,14-16,21H,11-13H2,1-2H3,(H,25,26)/t14-,15-,16+/m0/s1. The van der Waals surface area contributed by atoms with Crippen LogP contribution in [0, 0.1) is 11.8 Å². The maximum absolute atomic E-state index is 12.8. The Labute approximate surface area is 164 Å². The minimum Gasteiger partial charge on any atom is -0.481 e. The lowest BCUT2D eigenvalue weighted by atomic mass is 9.85. The van der Waals surface area contributed by atoms with Crippen LogP contribution in [0.15, 0.2) is 48.5 Å². The highest BCUT2D eigenvalue weighted by molar-refractivity contribution is 5.79. The number of ether oxygens (including phenoxy) is 1. The zero-order chi connectivity index (χ0) is 19.8. The van der Waals surface area contributed by atoms with Crippen LogP contribution in [-0.4, -0.2) is 41.3 Å². The minimum atomic E-state index is -0.852. The first-order valence-corrected chi connectivity index (χ1v) is 9.81. The van der Waals surface area contributed by atoms with Crippen LogP contribution in [0.2, 0.25) is 0 Å². The maximum atomic E-state index is 12.8. The Bertz CT molecular complexity index is 863. The number of aliphatic carboxylic acids is 1. The van der Waals surface area contributed by atoms with Gasteiger partial charge in [0.05, 0.1) is 5.92 Å². The van der Waals surface area contributed by atoms with Gasteiger partial charge in [0.25, 0.3) is 0 Å². The number of carbonyl (C=O) groups excluding carboxylic acids is 1. The first-order valence-electron chi connectivity index (χ1n) is 9.81. The third-order valence-corrected chi connectivity index (χ3v) is 6.31. The van der Waals surface area contributed by atoms with Crippen LogP contribution in [-0.2, 0) is 9.53 Å². The van der Waals surface area contributed by atoms with Gasteiger partial charge in [-0.3, -0.25) is 4.79 Å². The smallest absolute Gasteiger partial charge is 0.410 e. The molecule has 1 aliphatic heterocycles. The fourth-order valence-corrected chi connectivity index (χ4v) is 4.53. The quantitative estimate of drug-likeness (QED) is 0.860. The van der Waals surface area contributed by atoms with E-state index in [4.69, 9.17) is 4.74 Å². The van der Waals surface area contributed by atoms with Crippen molar-refractivity contribution in [1.29, 1.82) is 0 Å². The number of benzene rings is 2. The summed E-state index contributed by atoms with van der Waals surface area (Å²) in [6.45, 7) is 4.41. The highest BCUT2D eigenvalue weighted by Gasteiger charge is 2.38. The van der Waals surface area contributed by atoms with E-state index in [9.17, 15) is 14.7 Å². The van der Waals surface area contributed by atoms with Crippen molar-refractivity contribution < 1.29 is 19.4 Å². The van der Waals surface area contributed by atoms with E-state index in [-0.39, 0.29) is 31.0 Å². The molecule has 0 saturated carbocycles. The van der Waals surface area contributed by atoms with Gasteiger partial charge in [-0.25, -0.2) is 4.79 Å². The second-order valence-corrected chi connectivity index (χ2v) is 7.95. The van der Waals surface area contributed by atoms with Crippen molar-refractivity contribution in [3.8, 4) is 11.1 Å². The summed E-state index contributed by atoms with van der Waals surface area (Å²) in [4.78, 5) is 25.8. The summed E-state index contributed by atoms with van der Waals surface area (Å²) >= 11 is 0. The van der Waals surface area contributed by atoms with Gasteiger partial charge in [-0.1, -0.05) is 55.5 Å². The van der Waals surface area contributed by atoms with Crippen molar-refractivity contribution in [1.82, 2.24) is 4.90 Å². The number of hydrogen-bond donors (Lipinski definition) is 1. The van der Waals surface area contributed by atoms with Crippen LogP contribution in [0.25, 0.3) is 11.1 Å². The molecule has 146 valence electrons. The number of likely N-dealkylation sites (tertiary alicyclic amines) is 1. The molecule has 1 aliphatic carbocycles. The molecule has 0 unspecified atom stereocenters. The zero-order valence-electron chi connectivity index (χ0n) is 16.2. The van der Waals surface area contributed by atoms with Crippen molar-refractivity contribution in [2.75, 3.05) is 13.2 Å². The molecule has 2 aromatic carbocycles. The predicted molar refractivity (Wildman–Crippen MR) is 106 cm³/mol. The van der Waals surface area contributed by atoms with Crippen LogP contribution < -0.4 is 0 Å². The Hall–Kier alpha value is -2.82. The summed E-state index contributed by atoms with van der Waals surface area (Å²) in [5.74, 6) is -1.26. The van der Waals surface area contributed by atoms with Crippen LogP contribution in [0.1, 0.15) is 37.3 Å². The van der Waals surface area contributed by atoms with Crippen molar-refractivity contribution >= 4 is 12.1 Å². The summed E-state index contributed by atoms with van der Waals surface area (Å²) in [5, 5.41) is 9.38. The molecule has 0 aromatic heterocycles. The molecule has 3 atom stereocenters. The molecule has 1 N–H and O–H groups in total. The molecule has 0 spiro atoms. The van der Waals surface area contributed by atoms with E-state index in [1.165, 1.54) is 22.3 Å². The highest BCUT2D eigenvalue weighted by atomic mass is 16.6. The molecule has 5 heteroatoms. The minimum absolute atomic E-state index is 0.00383. The lowest BCUT2D eigenvalue weighted by Crippen LogP contribution is -2.51. The van der Waals surface area contributed by atoms with Crippen LogP contribution in [0.5, 0.6) is 0 Å². The molecular weight excluding hydrogens is 354 g/mol. The summed E-state index contributed by atoms with van der Waals surface area (Å²) in [7, 11) is 0. The number of carboxylic acids is 1. The Kier molecular flexibility index (Phi) is 4.84. The number of hydrogen-bond acceptors (Lipinski definition) is 3. The van der Waals surface area contributed by atoms with E-state index in [0.29, 0.717) is 6.42 Å². The number of carbonyl (C=O) groups is 2. The molecule has 4 rings (SSSR count). The number of amides is 1. The van der Waals surface area contributed by atoms with E-state index in [0.717, 1.165) is 0 Å². The molecular formula is C23H25NO4. The predicted octanol–water partition coefficient (Wildman–Crippen LogP) is 4.37. The van der Waals surface area contributed by atoms with Gasteiger partial charge in [0.1, 0.15) is 6.61 Å². The fourth-order valence-electron chi connectivity index (χ4n) is 4.53. The number of carboxylic acid groups (broad SMARTS) is 1. The largest absolute Gasteiger partial charge is 0.481 e. The lowest BCUT2D eigenvalue weighted by Gasteiger charge is -2.40. The molecule has 2 aromatic rings. The first kappa shape index (κ1) is 18.5. The number of piperidine rings is 1. The normalized spacial score (nSPS) is 23.8. The lowest BCUT2D eigenvalue weighted by molar-refractivity contribution is -0.144. The molecule has 0 bridgehead atoms. The van der Waals surface area contributed by atoms with Gasteiger partial charge >= 0.3 is 12.1 Å². The van der Waals surface area contributed by atoms with Crippen molar-refractivity contribution in [2.24, 2.45) is 11.8 Å². The van der Waals surface area contributed by atoms with E-state index in [1.807, 2.05) is 38.1 Å². The van der Waals surface area contributed by atoms with Crippen LogP contribution in [0.3, 0.4) is 0 Å².